The van der Waals surface area contributed by atoms with Crippen molar-refractivity contribution in [2.24, 2.45) is 0 Å². The van der Waals surface area contributed by atoms with Crippen LogP contribution >= 0.6 is 0 Å². The predicted octanol–water partition coefficient (Wildman–Crippen LogP) is 0.0885. The fraction of sp³-hybridized carbons (Fsp3) is 1.00. The van der Waals surface area contributed by atoms with Crippen molar-refractivity contribution >= 4 is 0 Å². The van der Waals surface area contributed by atoms with Gasteiger partial charge in [0.25, 0.3) is 0 Å². The van der Waals surface area contributed by atoms with Gasteiger partial charge in [-0.1, -0.05) is 0 Å². The van der Waals surface area contributed by atoms with Crippen LogP contribution < -0.4 is 0 Å². The Morgan fingerprint density at radius 3 is 1.18 bits per heavy atom. The number of aliphatic hydroxyl groups is 1. The van der Waals surface area contributed by atoms with Crippen LogP contribution in [0.1, 0.15) is 20.8 Å². The Labute approximate surface area is 225 Å². The summed E-state index contributed by atoms with van der Waals surface area (Å²) in [4.78, 5) is 0. The molecule has 3 heterocycles. The normalized spacial score (nSPS) is 48.2. The minimum atomic E-state index is -1.20. The first-order valence-corrected chi connectivity index (χ1v) is 12.9. The number of hydrogen-bond acceptors (Lipinski definition) is 13. The lowest BCUT2D eigenvalue weighted by Crippen LogP contribution is -2.66. The Hall–Kier alpha value is -0.520. The summed E-state index contributed by atoms with van der Waals surface area (Å²) in [6.45, 7) is 5.53. The van der Waals surface area contributed by atoms with Gasteiger partial charge in [0, 0.05) is 49.8 Å². The maximum absolute atomic E-state index is 10.5. The third kappa shape index (κ3) is 6.35. The first kappa shape index (κ1) is 32.0. The fourth-order valence-electron chi connectivity index (χ4n) is 5.74. The van der Waals surface area contributed by atoms with Gasteiger partial charge in [-0.25, -0.2) is 0 Å². The molecule has 0 aromatic carbocycles. The zero-order valence-electron chi connectivity index (χ0n) is 24.0. The molecular formula is C25H46O13. The molecule has 15 unspecified atom stereocenters. The maximum Gasteiger partial charge on any atom is 0.187 e. The summed E-state index contributed by atoms with van der Waals surface area (Å²) in [5.41, 5.74) is 0. The van der Waals surface area contributed by atoms with E-state index in [-0.39, 0.29) is 12.2 Å². The van der Waals surface area contributed by atoms with E-state index in [1.807, 2.05) is 13.8 Å². The molecule has 13 nitrogen and oxygen atoms in total. The van der Waals surface area contributed by atoms with E-state index >= 15 is 0 Å². The summed E-state index contributed by atoms with van der Waals surface area (Å²) in [5, 5.41) is 10.5. The summed E-state index contributed by atoms with van der Waals surface area (Å²) in [7, 11) is 10.9. The van der Waals surface area contributed by atoms with Crippen molar-refractivity contribution in [2.45, 2.75) is 113 Å². The van der Waals surface area contributed by atoms with Gasteiger partial charge in [0.15, 0.2) is 18.9 Å². The second kappa shape index (κ2) is 14.4. The molecule has 15 atom stereocenters. The third-order valence-corrected chi connectivity index (χ3v) is 7.69. The van der Waals surface area contributed by atoms with Gasteiger partial charge < -0.3 is 61.9 Å². The van der Waals surface area contributed by atoms with Gasteiger partial charge in [0.2, 0.25) is 0 Å². The summed E-state index contributed by atoms with van der Waals surface area (Å²) in [5.74, 6) is 0. The predicted molar refractivity (Wildman–Crippen MR) is 131 cm³/mol. The smallest absolute Gasteiger partial charge is 0.187 e. The van der Waals surface area contributed by atoms with Crippen molar-refractivity contribution in [1.82, 2.24) is 0 Å². The molecule has 0 aliphatic carbocycles. The van der Waals surface area contributed by atoms with Crippen molar-refractivity contribution in [2.75, 3.05) is 49.8 Å². The molecule has 3 saturated heterocycles. The lowest BCUT2D eigenvalue weighted by Gasteiger charge is -2.50. The molecule has 13 heteroatoms. The number of rotatable bonds is 11. The standard InChI is InChI=1S/C25H46O13/c1-11-15(28-5)19(20(31-8)23(26)34-11)38-25-22(33-10)18(30-7)16(13(3)36-25)37-24-21(32-9)17(29-6)14(27-4)12(2)35-24/h11-26H,1-10H3. The molecule has 0 saturated carbocycles. The van der Waals surface area contributed by atoms with E-state index in [2.05, 4.69) is 0 Å². The van der Waals surface area contributed by atoms with Crippen LogP contribution in [0.2, 0.25) is 0 Å². The van der Waals surface area contributed by atoms with Crippen LogP contribution in [-0.4, -0.2) is 147 Å². The van der Waals surface area contributed by atoms with Crippen molar-refractivity contribution < 1.29 is 61.9 Å². The molecule has 3 aliphatic rings. The Bertz CT molecular complexity index is 684. The second-order valence-electron chi connectivity index (χ2n) is 9.75. The molecule has 0 spiro atoms. The van der Waals surface area contributed by atoms with E-state index in [1.165, 1.54) is 14.2 Å². The zero-order valence-corrected chi connectivity index (χ0v) is 24.0. The SMILES string of the molecule is COC1C(C)OC(O)C(OC)C1OC1OC(C)C(OC2OC(C)C(OC)C(OC)C2OC)C(OC)C1OC. The van der Waals surface area contributed by atoms with Gasteiger partial charge in [0.05, 0.1) is 18.3 Å². The number of methoxy groups -OCH3 is 7. The maximum atomic E-state index is 10.5. The number of ether oxygens (including phenoxy) is 12. The van der Waals surface area contributed by atoms with Gasteiger partial charge in [-0.2, -0.15) is 0 Å². The van der Waals surface area contributed by atoms with Gasteiger partial charge in [-0.15, -0.1) is 0 Å². The molecule has 0 radical (unpaired) electrons. The zero-order chi connectivity index (χ0) is 28.1. The van der Waals surface area contributed by atoms with Crippen LogP contribution in [0, 0.1) is 0 Å². The molecule has 1 N–H and O–H groups in total. The summed E-state index contributed by atoms with van der Waals surface area (Å²) >= 11 is 0. The average molecular weight is 555 g/mol. The Balaban J connectivity index is 1.81. The molecular weight excluding hydrogens is 508 g/mol. The van der Waals surface area contributed by atoms with Crippen LogP contribution in [0.4, 0.5) is 0 Å². The minimum Gasteiger partial charge on any atom is -0.376 e. The van der Waals surface area contributed by atoms with Gasteiger partial charge in [-0.05, 0) is 20.8 Å². The second-order valence-corrected chi connectivity index (χ2v) is 9.75. The van der Waals surface area contributed by atoms with Crippen molar-refractivity contribution in [3.8, 4) is 0 Å². The highest BCUT2D eigenvalue weighted by atomic mass is 16.8. The highest BCUT2D eigenvalue weighted by Gasteiger charge is 2.54. The van der Waals surface area contributed by atoms with Crippen LogP contribution in [0.15, 0.2) is 0 Å². The quantitative estimate of drug-likeness (QED) is 0.370. The first-order valence-electron chi connectivity index (χ1n) is 12.9. The lowest BCUT2D eigenvalue weighted by molar-refractivity contribution is -0.378. The van der Waals surface area contributed by atoms with E-state index in [4.69, 9.17) is 56.8 Å². The topological polar surface area (TPSA) is 131 Å². The molecule has 3 aliphatic heterocycles. The third-order valence-electron chi connectivity index (χ3n) is 7.69. The van der Waals surface area contributed by atoms with Crippen molar-refractivity contribution in [3.05, 3.63) is 0 Å². The molecule has 0 bridgehead atoms. The van der Waals surface area contributed by atoms with Gasteiger partial charge in [-0.3, -0.25) is 0 Å². The molecule has 0 aromatic heterocycles. The van der Waals surface area contributed by atoms with Crippen molar-refractivity contribution in [3.63, 3.8) is 0 Å². The Kier molecular flexibility index (Phi) is 12.1. The summed E-state index contributed by atoms with van der Waals surface area (Å²) < 4.78 is 70.7. The molecule has 3 fully saturated rings. The highest BCUT2D eigenvalue weighted by molar-refractivity contribution is 4.97. The Morgan fingerprint density at radius 1 is 0.395 bits per heavy atom. The minimum absolute atomic E-state index is 0.324. The van der Waals surface area contributed by atoms with E-state index < -0.39 is 79.9 Å². The van der Waals surface area contributed by atoms with E-state index in [0.717, 1.165) is 0 Å². The number of aliphatic hydroxyl groups excluding tert-OH is 1. The van der Waals surface area contributed by atoms with Crippen LogP contribution in [0.3, 0.4) is 0 Å². The fourth-order valence-corrected chi connectivity index (χ4v) is 5.74. The van der Waals surface area contributed by atoms with Crippen LogP contribution in [-0.2, 0) is 56.8 Å². The van der Waals surface area contributed by atoms with Crippen LogP contribution in [0.5, 0.6) is 0 Å². The molecule has 3 rings (SSSR count). The van der Waals surface area contributed by atoms with E-state index in [0.29, 0.717) is 0 Å². The van der Waals surface area contributed by atoms with Gasteiger partial charge in [0.1, 0.15) is 54.9 Å². The molecule has 0 aromatic rings. The number of hydrogen-bond donors (Lipinski definition) is 1. The summed E-state index contributed by atoms with van der Waals surface area (Å²) in [6.07, 6.45) is -9.54. The van der Waals surface area contributed by atoms with Gasteiger partial charge >= 0.3 is 0 Å². The highest BCUT2D eigenvalue weighted by Crippen LogP contribution is 2.35. The largest absolute Gasteiger partial charge is 0.376 e. The monoisotopic (exact) mass is 554 g/mol. The Morgan fingerprint density at radius 2 is 0.737 bits per heavy atom. The summed E-state index contributed by atoms with van der Waals surface area (Å²) in [6, 6.07) is 0. The van der Waals surface area contributed by atoms with E-state index in [1.54, 1.807) is 42.5 Å². The average Bonchev–Trinajstić information content (AvgIpc) is 2.89. The molecule has 38 heavy (non-hydrogen) atoms. The van der Waals surface area contributed by atoms with E-state index in [9.17, 15) is 5.11 Å². The first-order chi connectivity index (χ1) is 18.2. The van der Waals surface area contributed by atoms with Crippen LogP contribution in [0.25, 0.3) is 0 Å². The molecule has 224 valence electrons. The van der Waals surface area contributed by atoms with Crippen molar-refractivity contribution in [1.29, 1.82) is 0 Å². The lowest BCUT2D eigenvalue weighted by atomic mass is 9.96. The molecule has 0 amide bonds.